The summed E-state index contributed by atoms with van der Waals surface area (Å²) in [5.41, 5.74) is 7.59. The van der Waals surface area contributed by atoms with E-state index in [0.29, 0.717) is 62.1 Å². The smallest absolute Gasteiger partial charge is 0.303 e. The molecule has 4 rings (SSSR count). The second-order valence-corrected chi connectivity index (χ2v) is 10.2. The van der Waals surface area contributed by atoms with Crippen LogP contribution in [0.15, 0.2) is 36.5 Å². The quantitative estimate of drug-likeness (QED) is 0.263. The van der Waals surface area contributed by atoms with E-state index in [2.05, 4.69) is 16.8 Å². The zero-order chi connectivity index (χ0) is 28.9. The highest BCUT2D eigenvalue weighted by atomic mass is 19.2. The van der Waals surface area contributed by atoms with Gasteiger partial charge in [-0.2, -0.15) is 0 Å². The Hall–Kier alpha value is -3.65. The van der Waals surface area contributed by atoms with Crippen molar-refractivity contribution in [2.75, 3.05) is 26.7 Å². The standard InChI is InChI=1S/C30H32F3N3O4/c1-40-21-4-5-25-22(15-21)28(20(17-34)18-35-25)26(37)6-7-30(16-27(38)39)8-11-36(12-9-30)10-2-3-19-13-23(31)29(33)24(32)14-19/h4-5,13-15,18,26,37H,6-12,16-17,34H2,1H3,(H,38,39). The first-order valence-corrected chi connectivity index (χ1v) is 13.1. The molecule has 0 radical (unpaired) electrons. The number of aliphatic hydroxyl groups is 1. The average Bonchev–Trinajstić information content (AvgIpc) is 2.94. The van der Waals surface area contributed by atoms with Gasteiger partial charge in [0.1, 0.15) is 5.75 Å². The summed E-state index contributed by atoms with van der Waals surface area (Å²) in [5.74, 6) is 1.13. The Morgan fingerprint density at radius 3 is 2.52 bits per heavy atom. The van der Waals surface area contributed by atoms with Crippen molar-refractivity contribution < 1.29 is 32.9 Å². The number of nitrogens with two attached hydrogens (primary N) is 1. The molecule has 1 fully saturated rings. The van der Waals surface area contributed by atoms with Crippen molar-refractivity contribution in [3.63, 3.8) is 0 Å². The number of halogens is 3. The topological polar surface area (TPSA) is 109 Å². The zero-order valence-corrected chi connectivity index (χ0v) is 22.2. The number of aliphatic hydroxyl groups excluding tert-OH is 1. The highest BCUT2D eigenvalue weighted by Crippen LogP contribution is 2.42. The minimum absolute atomic E-state index is 0.0258. The molecule has 0 saturated carbocycles. The number of piperidine rings is 1. The predicted molar refractivity (Wildman–Crippen MR) is 144 cm³/mol. The Morgan fingerprint density at radius 1 is 1.20 bits per heavy atom. The second kappa shape index (κ2) is 12.7. The van der Waals surface area contributed by atoms with Crippen molar-refractivity contribution in [3.8, 4) is 17.6 Å². The third-order valence-corrected chi connectivity index (χ3v) is 7.66. The molecule has 0 amide bonds. The third-order valence-electron chi connectivity index (χ3n) is 7.66. The summed E-state index contributed by atoms with van der Waals surface area (Å²) >= 11 is 0. The number of carbonyl (C=O) groups is 1. The number of rotatable bonds is 9. The molecule has 3 aromatic rings. The Labute approximate surface area is 230 Å². The summed E-state index contributed by atoms with van der Waals surface area (Å²) in [6.07, 6.45) is 2.77. The van der Waals surface area contributed by atoms with Crippen LogP contribution >= 0.6 is 0 Å². The van der Waals surface area contributed by atoms with E-state index in [-0.39, 0.29) is 18.5 Å². The summed E-state index contributed by atoms with van der Waals surface area (Å²) in [4.78, 5) is 18.3. The zero-order valence-electron chi connectivity index (χ0n) is 22.2. The number of pyridine rings is 1. The molecule has 10 heteroatoms. The van der Waals surface area contributed by atoms with Crippen LogP contribution in [0.3, 0.4) is 0 Å². The molecule has 1 aliphatic heterocycles. The number of aromatic nitrogens is 1. The molecule has 0 spiro atoms. The summed E-state index contributed by atoms with van der Waals surface area (Å²) in [6.45, 7) is 1.67. The molecule has 2 heterocycles. The lowest BCUT2D eigenvalue weighted by Crippen LogP contribution is -2.41. The number of nitrogens with zero attached hydrogens (tertiary/aromatic N) is 2. The van der Waals surface area contributed by atoms with Gasteiger partial charge in [-0.25, -0.2) is 13.2 Å². The molecule has 0 aliphatic carbocycles. The van der Waals surface area contributed by atoms with Gasteiger partial charge >= 0.3 is 5.97 Å². The van der Waals surface area contributed by atoms with Gasteiger partial charge in [0.15, 0.2) is 17.5 Å². The Morgan fingerprint density at radius 2 is 1.90 bits per heavy atom. The van der Waals surface area contributed by atoms with Gasteiger partial charge in [-0.05, 0) is 85.6 Å². The maximum atomic E-state index is 13.4. The first kappa shape index (κ1) is 29.3. The van der Waals surface area contributed by atoms with E-state index in [1.54, 1.807) is 19.4 Å². The van der Waals surface area contributed by atoms with E-state index in [0.717, 1.165) is 23.1 Å². The maximum absolute atomic E-state index is 13.4. The van der Waals surface area contributed by atoms with E-state index < -0.39 is 34.9 Å². The lowest BCUT2D eigenvalue weighted by atomic mass is 9.71. The highest BCUT2D eigenvalue weighted by Gasteiger charge is 2.37. The molecule has 40 heavy (non-hydrogen) atoms. The number of hydrogen-bond donors (Lipinski definition) is 3. The molecule has 1 saturated heterocycles. The van der Waals surface area contributed by atoms with Crippen LogP contribution in [0, 0.1) is 34.7 Å². The Bertz CT molecular complexity index is 1420. The molecule has 4 N–H and O–H groups in total. The molecule has 7 nitrogen and oxygen atoms in total. The van der Waals surface area contributed by atoms with Crippen LogP contribution in [0.5, 0.6) is 5.75 Å². The molecular weight excluding hydrogens is 523 g/mol. The number of likely N-dealkylation sites (tertiary alicyclic amines) is 1. The lowest BCUT2D eigenvalue weighted by Gasteiger charge is -2.41. The fourth-order valence-electron chi connectivity index (χ4n) is 5.41. The van der Waals surface area contributed by atoms with Gasteiger partial charge in [-0.3, -0.25) is 14.7 Å². The molecule has 0 bridgehead atoms. The van der Waals surface area contributed by atoms with Crippen molar-refractivity contribution in [3.05, 3.63) is 70.7 Å². The predicted octanol–water partition coefficient (Wildman–Crippen LogP) is 4.54. The largest absolute Gasteiger partial charge is 0.497 e. The summed E-state index contributed by atoms with van der Waals surface area (Å²) in [5, 5.41) is 21.7. The fraction of sp³-hybridized carbons (Fsp3) is 0.400. The number of aliphatic carboxylic acids is 1. The average molecular weight is 556 g/mol. The van der Waals surface area contributed by atoms with E-state index in [1.165, 1.54) is 0 Å². The lowest BCUT2D eigenvalue weighted by molar-refractivity contribution is -0.141. The van der Waals surface area contributed by atoms with Crippen LogP contribution in [-0.4, -0.2) is 52.8 Å². The number of methoxy groups -OCH3 is 1. The summed E-state index contributed by atoms with van der Waals surface area (Å²) in [6, 6.07) is 7.13. The summed E-state index contributed by atoms with van der Waals surface area (Å²) < 4.78 is 45.4. The van der Waals surface area contributed by atoms with Gasteiger partial charge in [-0.1, -0.05) is 11.8 Å². The molecule has 2 aromatic carbocycles. The number of benzene rings is 2. The minimum Gasteiger partial charge on any atom is -0.497 e. The van der Waals surface area contributed by atoms with E-state index in [9.17, 15) is 28.2 Å². The molecule has 1 atom stereocenters. The van der Waals surface area contributed by atoms with Crippen LogP contribution in [0.25, 0.3) is 10.9 Å². The Kier molecular flexibility index (Phi) is 9.30. The third kappa shape index (κ3) is 6.73. The van der Waals surface area contributed by atoms with Crippen molar-refractivity contribution in [2.45, 2.75) is 44.8 Å². The second-order valence-electron chi connectivity index (χ2n) is 10.2. The van der Waals surface area contributed by atoms with Gasteiger partial charge in [-0.15, -0.1) is 0 Å². The van der Waals surface area contributed by atoms with E-state index in [4.69, 9.17) is 10.5 Å². The molecule has 1 unspecified atom stereocenters. The number of ether oxygens (including phenoxy) is 1. The molecule has 1 aliphatic rings. The van der Waals surface area contributed by atoms with Crippen LogP contribution in [0.1, 0.15) is 54.9 Å². The van der Waals surface area contributed by atoms with Crippen molar-refractivity contribution in [2.24, 2.45) is 11.1 Å². The maximum Gasteiger partial charge on any atom is 0.303 e. The van der Waals surface area contributed by atoms with Crippen LogP contribution < -0.4 is 10.5 Å². The van der Waals surface area contributed by atoms with Crippen molar-refractivity contribution >= 4 is 16.9 Å². The van der Waals surface area contributed by atoms with Gasteiger partial charge in [0.05, 0.1) is 31.7 Å². The number of hydrogen-bond acceptors (Lipinski definition) is 6. The minimum atomic E-state index is -1.53. The van der Waals surface area contributed by atoms with Gasteiger partial charge in [0, 0.05) is 23.7 Å². The number of carboxylic acids is 1. The molecule has 212 valence electrons. The van der Waals surface area contributed by atoms with Crippen LogP contribution in [-0.2, 0) is 11.3 Å². The number of fused-ring (bicyclic) bond motifs is 1. The van der Waals surface area contributed by atoms with Gasteiger partial charge in [0.2, 0.25) is 0 Å². The highest BCUT2D eigenvalue weighted by molar-refractivity contribution is 5.85. The van der Waals surface area contributed by atoms with Gasteiger partial charge in [0.25, 0.3) is 0 Å². The Balaban J connectivity index is 1.45. The fourth-order valence-corrected chi connectivity index (χ4v) is 5.41. The van der Waals surface area contributed by atoms with Crippen molar-refractivity contribution in [1.82, 2.24) is 9.88 Å². The van der Waals surface area contributed by atoms with Crippen LogP contribution in [0.4, 0.5) is 13.2 Å². The first-order valence-electron chi connectivity index (χ1n) is 13.1. The molecular formula is C30H32F3N3O4. The first-order chi connectivity index (χ1) is 19.1. The monoisotopic (exact) mass is 555 g/mol. The van der Waals surface area contributed by atoms with Crippen molar-refractivity contribution in [1.29, 1.82) is 0 Å². The van der Waals surface area contributed by atoms with E-state index in [1.807, 2.05) is 17.0 Å². The SMILES string of the molecule is COc1ccc2ncc(CN)c(C(O)CCC3(CC(=O)O)CCN(CC#Cc4cc(F)c(F)c(F)c4)CC3)c2c1. The van der Waals surface area contributed by atoms with E-state index >= 15 is 0 Å². The normalized spacial score (nSPS) is 15.8. The number of carboxylic acid groups (broad SMARTS) is 1. The van der Waals surface area contributed by atoms with Gasteiger partial charge < -0.3 is 20.7 Å². The summed E-state index contributed by atoms with van der Waals surface area (Å²) in [7, 11) is 1.56. The van der Waals surface area contributed by atoms with Crippen LogP contribution in [0.2, 0.25) is 0 Å². The molecule has 1 aromatic heterocycles.